The van der Waals surface area contributed by atoms with Crippen LogP contribution in [0.4, 0.5) is 0 Å². The van der Waals surface area contributed by atoms with Gasteiger partial charge in [0.1, 0.15) is 0 Å². The highest BCUT2D eigenvalue weighted by Crippen LogP contribution is 2.37. The standard InChI is InChI=1S/C9H17NO2S/c11-13(12)7-1-6-10-8-2-3-9(10)5-4-8/h8-9H,1-7H2,(H,11,12)/p-1. The molecule has 0 aromatic carbocycles. The molecule has 4 heteroatoms. The van der Waals surface area contributed by atoms with Gasteiger partial charge < -0.3 is 4.55 Å². The van der Waals surface area contributed by atoms with Crippen LogP contribution < -0.4 is 0 Å². The fraction of sp³-hybridized carbons (Fsp3) is 1.00. The van der Waals surface area contributed by atoms with Crippen molar-refractivity contribution in [2.45, 2.75) is 44.2 Å². The lowest BCUT2D eigenvalue weighted by Crippen LogP contribution is -2.30. The third-order valence-corrected chi connectivity index (χ3v) is 3.95. The summed E-state index contributed by atoms with van der Waals surface area (Å²) >= 11 is -1.84. The van der Waals surface area contributed by atoms with Gasteiger partial charge in [-0.15, -0.1) is 0 Å². The van der Waals surface area contributed by atoms with Crippen molar-refractivity contribution in [3.05, 3.63) is 0 Å². The van der Waals surface area contributed by atoms with E-state index >= 15 is 0 Å². The summed E-state index contributed by atoms with van der Waals surface area (Å²) in [6, 6.07) is 1.56. The van der Waals surface area contributed by atoms with Crippen LogP contribution in [0.3, 0.4) is 0 Å². The zero-order chi connectivity index (χ0) is 9.26. The zero-order valence-corrected chi connectivity index (χ0v) is 8.59. The van der Waals surface area contributed by atoms with Crippen LogP contribution in [0.5, 0.6) is 0 Å². The third-order valence-electron chi connectivity index (χ3n) is 3.33. The molecule has 2 bridgehead atoms. The molecular weight excluding hydrogens is 186 g/mol. The monoisotopic (exact) mass is 202 g/mol. The largest absolute Gasteiger partial charge is 0.772 e. The van der Waals surface area contributed by atoms with E-state index in [4.69, 9.17) is 0 Å². The van der Waals surface area contributed by atoms with E-state index < -0.39 is 11.1 Å². The van der Waals surface area contributed by atoms with Gasteiger partial charge >= 0.3 is 0 Å². The molecule has 1 unspecified atom stereocenters. The predicted octanol–water partition coefficient (Wildman–Crippen LogP) is 0.882. The summed E-state index contributed by atoms with van der Waals surface area (Å²) in [5.74, 6) is 0.329. The second-order valence-corrected chi connectivity index (χ2v) is 5.08. The first-order valence-corrected chi connectivity index (χ1v) is 6.33. The molecule has 0 aromatic rings. The Morgan fingerprint density at radius 1 is 1.23 bits per heavy atom. The van der Waals surface area contributed by atoms with Gasteiger partial charge in [0.2, 0.25) is 0 Å². The molecule has 2 saturated heterocycles. The van der Waals surface area contributed by atoms with E-state index in [2.05, 4.69) is 4.90 Å². The highest BCUT2D eigenvalue weighted by atomic mass is 32.2. The molecule has 0 aliphatic carbocycles. The summed E-state index contributed by atoms with van der Waals surface area (Å²) in [6.45, 7) is 0.989. The van der Waals surface area contributed by atoms with Crippen LogP contribution in [-0.4, -0.2) is 38.0 Å². The van der Waals surface area contributed by atoms with Crippen LogP contribution in [0.1, 0.15) is 32.1 Å². The van der Waals surface area contributed by atoms with E-state index in [1.54, 1.807) is 0 Å². The average molecular weight is 202 g/mol. The number of fused-ring (bicyclic) bond motifs is 2. The first kappa shape index (κ1) is 9.62. The summed E-state index contributed by atoms with van der Waals surface area (Å²) in [5.41, 5.74) is 0. The Morgan fingerprint density at radius 2 is 1.77 bits per heavy atom. The Kier molecular flexibility index (Phi) is 3.01. The van der Waals surface area contributed by atoms with Gasteiger partial charge in [0, 0.05) is 17.8 Å². The van der Waals surface area contributed by atoms with Crippen molar-refractivity contribution in [1.82, 2.24) is 4.90 Å². The molecule has 0 aromatic heterocycles. The molecule has 2 heterocycles. The first-order valence-electron chi connectivity index (χ1n) is 5.09. The Hall–Kier alpha value is 0.0700. The molecule has 1 atom stereocenters. The van der Waals surface area contributed by atoms with Gasteiger partial charge in [0.15, 0.2) is 0 Å². The maximum atomic E-state index is 10.3. The van der Waals surface area contributed by atoms with E-state index in [1.807, 2.05) is 0 Å². The maximum absolute atomic E-state index is 10.3. The molecule has 2 aliphatic heterocycles. The molecule has 0 N–H and O–H groups in total. The predicted molar refractivity (Wildman–Crippen MR) is 51.2 cm³/mol. The van der Waals surface area contributed by atoms with Crippen LogP contribution in [0.15, 0.2) is 0 Å². The van der Waals surface area contributed by atoms with Gasteiger partial charge in [0.05, 0.1) is 0 Å². The maximum Gasteiger partial charge on any atom is 0.0114 e. The lowest BCUT2D eigenvalue weighted by Gasteiger charge is -2.21. The van der Waals surface area contributed by atoms with Gasteiger partial charge in [-0.3, -0.25) is 9.11 Å². The van der Waals surface area contributed by atoms with Gasteiger partial charge in [-0.2, -0.15) is 0 Å². The van der Waals surface area contributed by atoms with Crippen molar-refractivity contribution in [3.8, 4) is 0 Å². The minimum absolute atomic E-state index is 0.329. The van der Waals surface area contributed by atoms with E-state index in [0.29, 0.717) is 5.75 Å². The number of hydrogen-bond acceptors (Lipinski definition) is 3. The average Bonchev–Trinajstić information content (AvgIpc) is 2.64. The van der Waals surface area contributed by atoms with Gasteiger partial charge in [-0.25, -0.2) is 0 Å². The highest BCUT2D eigenvalue weighted by molar-refractivity contribution is 7.79. The molecule has 0 spiro atoms. The SMILES string of the molecule is O=S([O-])CCCN1C2CCC1CC2. The van der Waals surface area contributed by atoms with Crippen molar-refractivity contribution in [2.75, 3.05) is 12.3 Å². The number of nitrogens with zero attached hydrogens (tertiary/aromatic N) is 1. The van der Waals surface area contributed by atoms with Crippen LogP contribution in [0.2, 0.25) is 0 Å². The summed E-state index contributed by atoms with van der Waals surface area (Å²) < 4.78 is 20.7. The molecular formula is C9H16NO2S-. The molecule has 13 heavy (non-hydrogen) atoms. The van der Waals surface area contributed by atoms with Crippen molar-refractivity contribution in [2.24, 2.45) is 0 Å². The molecule has 2 fully saturated rings. The smallest absolute Gasteiger partial charge is 0.0114 e. The van der Waals surface area contributed by atoms with E-state index in [0.717, 1.165) is 25.0 Å². The Bertz CT molecular complexity index is 190. The normalized spacial score (nSPS) is 35.5. The molecule has 0 amide bonds. The topological polar surface area (TPSA) is 43.4 Å². The molecule has 0 radical (unpaired) electrons. The fourth-order valence-electron chi connectivity index (χ4n) is 2.75. The minimum atomic E-state index is -1.84. The van der Waals surface area contributed by atoms with Gasteiger partial charge in [-0.1, -0.05) is 11.1 Å². The van der Waals surface area contributed by atoms with Gasteiger partial charge in [0.25, 0.3) is 0 Å². The van der Waals surface area contributed by atoms with Crippen molar-refractivity contribution >= 4 is 11.1 Å². The number of hydrogen-bond donors (Lipinski definition) is 0. The zero-order valence-electron chi connectivity index (χ0n) is 7.78. The van der Waals surface area contributed by atoms with E-state index in [1.165, 1.54) is 25.7 Å². The van der Waals surface area contributed by atoms with Crippen LogP contribution in [0.25, 0.3) is 0 Å². The first-order chi connectivity index (χ1) is 6.27. The van der Waals surface area contributed by atoms with Crippen molar-refractivity contribution in [1.29, 1.82) is 0 Å². The van der Waals surface area contributed by atoms with Crippen LogP contribution in [-0.2, 0) is 11.1 Å². The minimum Gasteiger partial charge on any atom is -0.772 e. The molecule has 76 valence electrons. The lowest BCUT2D eigenvalue weighted by atomic mass is 10.0. The molecule has 3 nitrogen and oxygen atoms in total. The second-order valence-electron chi connectivity index (χ2n) is 4.06. The van der Waals surface area contributed by atoms with Gasteiger partial charge in [-0.05, 0) is 38.6 Å². The van der Waals surface area contributed by atoms with Crippen LogP contribution >= 0.6 is 0 Å². The molecule has 2 rings (SSSR count). The summed E-state index contributed by atoms with van der Waals surface area (Å²) in [6.07, 6.45) is 6.16. The highest BCUT2D eigenvalue weighted by Gasteiger charge is 2.38. The summed E-state index contributed by atoms with van der Waals surface area (Å²) in [5, 5.41) is 0. The van der Waals surface area contributed by atoms with E-state index in [-0.39, 0.29) is 0 Å². The fourth-order valence-corrected chi connectivity index (χ4v) is 3.11. The summed E-state index contributed by atoms with van der Waals surface area (Å²) in [4.78, 5) is 2.52. The van der Waals surface area contributed by atoms with Crippen molar-refractivity contribution in [3.63, 3.8) is 0 Å². The van der Waals surface area contributed by atoms with E-state index in [9.17, 15) is 8.76 Å². The quantitative estimate of drug-likeness (QED) is 0.636. The molecule has 0 saturated carbocycles. The Balaban J connectivity index is 1.73. The third kappa shape index (κ3) is 2.11. The Labute approximate surface area is 81.8 Å². The van der Waals surface area contributed by atoms with Crippen LogP contribution in [0, 0.1) is 0 Å². The second kappa shape index (κ2) is 4.07. The lowest BCUT2D eigenvalue weighted by molar-refractivity contribution is 0.253. The molecule has 2 aliphatic rings. The summed E-state index contributed by atoms with van der Waals surface area (Å²) in [7, 11) is 0. The van der Waals surface area contributed by atoms with Crippen molar-refractivity contribution < 1.29 is 8.76 Å². The Morgan fingerprint density at radius 3 is 2.23 bits per heavy atom. The number of rotatable bonds is 4.